The molecule has 1 rings (SSSR count). The minimum atomic E-state index is 0.234. The van der Waals surface area contributed by atoms with Crippen LogP contribution in [0.3, 0.4) is 0 Å². The number of carbonyl (C=O) groups excluding carboxylic acids is 1. The van der Waals surface area contributed by atoms with Gasteiger partial charge in [-0.3, -0.25) is 4.79 Å². The molecule has 0 aliphatic heterocycles. The number of nitrogens with two attached hydrogens (primary N) is 1. The minimum absolute atomic E-state index is 0.234. The molecule has 0 aromatic heterocycles. The van der Waals surface area contributed by atoms with Gasteiger partial charge in [0, 0.05) is 5.92 Å². The number of ketones is 1. The van der Waals surface area contributed by atoms with Crippen molar-refractivity contribution in [2.45, 2.75) is 32.6 Å². The van der Waals surface area contributed by atoms with Crippen molar-refractivity contribution >= 4 is 5.78 Å². The Balaban J connectivity index is 2.39. The highest BCUT2D eigenvalue weighted by Gasteiger charge is 2.23. The molecular weight excluding hydrogens is 138 g/mol. The maximum absolute atomic E-state index is 11.2. The van der Waals surface area contributed by atoms with Crippen LogP contribution >= 0.6 is 0 Å². The zero-order valence-electron chi connectivity index (χ0n) is 7.18. The molecule has 11 heavy (non-hydrogen) atoms. The van der Waals surface area contributed by atoms with Gasteiger partial charge in [0.2, 0.25) is 0 Å². The molecular formula is C9H17NO. The first kappa shape index (κ1) is 8.72. The number of rotatable bonds is 2. The molecule has 0 heterocycles. The quantitative estimate of drug-likeness (QED) is 0.654. The van der Waals surface area contributed by atoms with Crippen LogP contribution in [-0.2, 0) is 4.79 Å². The van der Waals surface area contributed by atoms with Gasteiger partial charge in [0.25, 0.3) is 0 Å². The highest BCUT2D eigenvalue weighted by Crippen LogP contribution is 2.28. The van der Waals surface area contributed by atoms with E-state index in [-0.39, 0.29) is 18.2 Å². The molecule has 1 fully saturated rings. The summed E-state index contributed by atoms with van der Waals surface area (Å²) in [5.74, 6) is 1.27. The van der Waals surface area contributed by atoms with Crippen molar-refractivity contribution in [3.63, 3.8) is 0 Å². The molecule has 2 nitrogen and oxygen atoms in total. The van der Waals surface area contributed by atoms with E-state index in [0.717, 1.165) is 18.8 Å². The van der Waals surface area contributed by atoms with Crippen LogP contribution in [0.5, 0.6) is 0 Å². The van der Waals surface area contributed by atoms with Crippen molar-refractivity contribution in [2.75, 3.05) is 6.54 Å². The van der Waals surface area contributed by atoms with Crippen molar-refractivity contribution in [1.29, 1.82) is 0 Å². The van der Waals surface area contributed by atoms with Crippen molar-refractivity contribution in [1.82, 2.24) is 0 Å². The Labute approximate surface area is 68.2 Å². The van der Waals surface area contributed by atoms with Crippen LogP contribution in [0.15, 0.2) is 0 Å². The summed E-state index contributed by atoms with van der Waals surface area (Å²) in [6.07, 6.45) is 4.63. The summed E-state index contributed by atoms with van der Waals surface area (Å²) >= 11 is 0. The Hall–Kier alpha value is -0.370. The van der Waals surface area contributed by atoms with Crippen molar-refractivity contribution in [3.05, 3.63) is 0 Å². The summed E-state index contributed by atoms with van der Waals surface area (Å²) in [6.45, 7) is 2.45. The van der Waals surface area contributed by atoms with E-state index in [0.29, 0.717) is 0 Å². The van der Waals surface area contributed by atoms with Gasteiger partial charge in [-0.05, 0) is 18.8 Å². The summed E-state index contributed by atoms with van der Waals surface area (Å²) in [5, 5.41) is 0. The molecule has 2 atom stereocenters. The average molecular weight is 155 g/mol. The molecule has 1 aliphatic rings. The molecule has 0 saturated heterocycles. The highest BCUT2D eigenvalue weighted by molar-refractivity contribution is 5.82. The van der Waals surface area contributed by atoms with Crippen LogP contribution in [0.4, 0.5) is 0 Å². The second-order valence-electron chi connectivity index (χ2n) is 3.64. The van der Waals surface area contributed by atoms with E-state index in [1.807, 2.05) is 0 Å². The van der Waals surface area contributed by atoms with Gasteiger partial charge < -0.3 is 5.73 Å². The van der Waals surface area contributed by atoms with E-state index in [4.69, 9.17) is 5.73 Å². The normalized spacial score (nSPS) is 31.8. The van der Waals surface area contributed by atoms with Crippen LogP contribution in [-0.4, -0.2) is 12.3 Å². The molecule has 0 aromatic rings. The molecule has 0 spiro atoms. The first-order chi connectivity index (χ1) is 5.24. The average Bonchev–Trinajstić information content (AvgIpc) is 2.03. The van der Waals surface area contributed by atoms with Gasteiger partial charge in [-0.2, -0.15) is 0 Å². The first-order valence-electron chi connectivity index (χ1n) is 4.46. The largest absolute Gasteiger partial charge is 0.324 e. The highest BCUT2D eigenvalue weighted by atomic mass is 16.1. The van der Waals surface area contributed by atoms with E-state index in [1.54, 1.807) is 0 Å². The lowest BCUT2D eigenvalue weighted by Gasteiger charge is -2.24. The number of hydrogen-bond donors (Lipinski definition) is 1. The van der Waals surface area contributed by atoms with E-state index < -0.39 is 0 Å². The molecule has 0 radical (unpaired) electrons. The molecule has 2 N–H and O–H groups in total. The molecule has 0 amide bonds. The molecule has 2 heteroatoms. The van der Waals surface area contributed by atoms with Crippen LogP contribution in [0.2, 0.25) is 0 Å². The van der Waals surface area contributed by atoms with Gasteiger partial charge in [0.15, 0.2) is 0 Å². The third kappa shape index (κ3) is 2.29. The molecule has 0 bridgehead atoms. The van der Waals surface area contributed by atoms with Crippen molar-refractivity contribution in [2.24, 2.45) is 17.6 Å². The van der Waals surface area contributed by atoms with Gasteiger partial charge in [0.05, 0.1) is 6.54 Å². The van der Waals surface area contributed by atoms with Crippen molar-refractivity contribution in [3.8, 4) is 0 Å². The van der Waals surface area contributed by atoms with Gasteiger partial charge in [0.1, 0.15) is 5.78 Å². The fraction of sp³-hybridized carbons (Fsp3) is 0.889. The van der Waals surface area contributed by atoms with Crippen LogP contribution in [0, 0.1) is 11.8 Å². The zero-order valence-corrected chi connectivity index (χ0v) is 7.18. The predicted octanol–water partition coefficient (Wildman–Crippen LogP) is 1.34. The fourth-order valence-corrected chi connectivity index (χ4v) is 1.89. The lowest BCUT2D eigenvalue weighted by molar-refractivity contribution is -0.122. The van der Waals surface area contributed by atoms with E-state index in [1.165, 1.54) is 12.8 Å². The van der Waals surface area contributed by atoms with Crippen LogP contribution in [0.25, 0.3) is 0 Å². The predicted molar refractivity (Wildman–Crippen MR) is 45.2 cm³/mol. The maximum Gasteiger partial charge on any atom is 0.149 e. The smallest absolute Gasteiger partial charge is 0.149 e. The first-order valence-corrected chi connectivity index (χ1v) is 4.46. The Morgan fingerprint density at radius 1 is 1.55 bits per heavy atom. The van der Waals surface area contributed by atoms with E-state index in [9.17, 15) is 4.79 Å². The topological polar surface area (TPSA) is 43.1 Å². The fourth-order valence-electron chi connectivity index (χ4n) is 1.89. The summed E-state index contributed by atoms with van der Waals surface area (Å²) < 4.78 is 0. The minimum Gasteiger partial charge on any atom is -0.324 e. The third-order valence-electron chi connectivity index (χ3n) is 2.59. The Kier molecular flexibility index (Phi) is 3.06. The summed E-state index contributed by atoms with van der Waals surface area (Å²) in [4.78, 5) is 11.2. The van der Waals surface area contributed by atoms with Crippen LogP contribution in [0.1, 0.15) is 32.6 Å². The van der Waals surface area contributed by atoms with Crippen molar-refractivity contribution < 1.29 is 4.79 Å². The standard InChI is InChI=1S/C9H17NO/c1-7-3-2-4-8(5-7)9(11)6-10/h7-8H,2-6,10H2,1H3. The second-order valence-corrected chi connectivity index (χ2v) is 3.64. The van der Waals surface area contributed by atoms with E-state index >= 15 is 0 Å². The van der Waals surface area contributed by atoms with Gasteiger partial charge in [-0.25, -0.2) is 0 Å². The third-order valence-corrected chi connectivity index (χ3v) is 2.59. The zero-order chi connectivity index (χ0) is 8.27. The van der Waals surface area contributed by atoms with Crippen LogP contribution < -0.4 is 5.73 Å². The van der Waals surface area contributed by atoms with Gasteiger partial charge in [-0.15, -0.1) is 0 Å². The Morgan fingerprint density at radius 3 is 2.82 bits per heavy atom. The summed E-state index contributed by atoms with van der Waals surface area (Å²) in [7, 11) is 0. The molecule has 0 aromatic carbocycles. The Morgan fingerprint density at radius 2 is 2.27 bits per heavy atom. The molecule has 1 aliphatic carbocycles. The summed E-state index contributed by atoms with van der Waals surface area (Å²) in [6, 6.07) is 0. The SMILES string of the molecule is CC1CCCC(C(=O)CN)C1. The lowest BCUT2D eigenvalue weighted by Crippen LogP contribution is -2.27. The number of Topliss-reactive ketones (excluding diaryl/α,β-unsaturated/α-hetero) is 1. The molecule has 1 saturated carbocycles. The molecule has 64 valence electrons. The lowest BCUT2D eigenvalue weighted by atomic mass is 9.80. The monoisotopic (exact) mass is 155 g/mol. The second kappa shape index (κ2) is 3.86. The maximum atomic E-state index is 11.2. The van der Waals surface area contributed by atoms with E-state index in [2.05, 4.69) is 6.92 Å². The number of carbonyl (C=O) groups is 1. The van der Waals surface area contributed by atoms with Gasteiger partial charge in [-0.1, -0.05) is 19.8 Å². The number of hydrogen-bond acceptors (Lipinski definition) is 2. The van der Waals surface area contributed by atoms with Gasteiger partial charge >= 0.3 is 0 Å². The molecule has 2 unspecified atom stereocenters. The Bertz CT molecular complexity index is 144. The summed E-state index contributed by atoms with van der Waals surface area (Å²) in [5.41, 5.74) is 5.30.